The highest BCUT2D eigenvalue weighted by Crippen LogP contribution is 2.34. The average molecular weight is 200 g/mol. The van der Waals surface area contributed by atoms with E-state index >= 15 is 0 Å². The Kier molecular flexibility index (Phi) is 2.04. The molecule has 0 bridgehead atoms. The summed E-state index contributed by atoms with van der Waals surface area (Å²) in [5.41, 5.74) is 0.301. The van der Waals surface area contributed by atoms with Crippen molar-refractivity contribution in [3.05, 3.63) is 23.0 Å². The number of hydrogen-bond acceptors (Lipinski definition) is 1. The van der Waals surface area contributed by atoms with Gasteiger partial charge in [-0.3, -0.25) is 0 Å². The van der Waals surface area contributed by atoms with Crippen molar-refractivity contribution in [3.8, 4) is 0 Å². The van der Waals surface area contributed by atoms with Gasteiger partial charge >= 0.3 is 5.97 Å². The smallest absolute Gasteiger partial charge is 0.352 e. The highest BCUT2D eigenvalue weighted by Gasteiger charge is 2.23. The molecule has 1 heterocycles. The molecule has 0 unspecified atom stereocenters. The number of hydrogen-bond donors (Lipinski definition) is 1. The van der Waals surface area contributed by atoms with E-state index < -0.39 is 5.97 Å². The molecule has 1 N–H and O–H groups in total. The van der Waals surface area contributed by atoms with Crippen LogP contribution in [0.15, 0.2) is 12.3 Å². The molecule has 3 nitrogen and oxygen atoms in total. The number of nitrogens with zero attached hydrogens (tertiary/aromatic N) is 1. The lowest BCUT2D eigenvalue weighted by molar-refractivity contribution is 0.0679. The van der Waals surface area contributed by atoms with Crippen LogP contribution in [0.1, 0.15) is 35.8 Å². The van der Waals surface area contributed by atoms with Gasteiger partial charge in [-0.05, 0) is 25.3 Å². The lowest BCUT2D eigenvalue weighted by Gasteiger charge is -2.28. The monoisotopic (exact) mass is 199 g/mol. The minimum absolute atomic E-state index is 0.301. The maximum absolute atomic E-state index is 10.8. The maximum Gasteiger partial charge on any atom is 0.352 e. The van der Waals surface area contributed by atoms with E-state index in [1.165, 1.54) is 12.5 Å². The summed E-state index contributed by atoms with van der Waals surface area (Å²) in [6.45, 7) is 0. The summed E-state index contributed by atoms with van der Waals surface area (Å²) in [4.78, 5) is 10.8. The first-order valence-electron chi connectivity index (χ1n) is 4.29. The van der Waals surface area contributed by atoms with Crippen molar-refractivity contribution in [3.63, 3.8) is 0 Å². The zero-order valence-electron chi connectivity index (χ0n) is 7.03. The Balaban J connectivity index is 2.36. The van der Waals surface area contributed by atoms with Crippen LogP contribution >= 0.6 is 11.6 Å². The lowest BCUT2D eigenvalue weighted by atomic mass is 9.93. The second-order valence-corrected chi connectivity index (χ2v) is 3.78. The Morgan fingerprint density at radius 2 is 2.31 bits per heavy atom. The Bertz CT molecular complexity index is 341. The van der Waals surface area contributed by atoms with E-state index in [2.05, 4.69) is 0 Å². The molecule has 0 saturated heterocycles. The van der Waals surface area contributed by atoms with Gasteiger partial charge in [0.2, 0.25) is 0 Å². The molecule has 0 atom stereocenters. The van der Waals surface area contributed by atoms with Crippen LogP contribution in [0.2, 0.25) is 5.02 Å². The van der Waals surface area contributed by atoms with Gasteiger partial charge < -0.3 is 9.67 Å². The minimum Gasteiger partial charge on any atom is -0.477 e. The lowest BCUT2D eigenvalue weighted by Crippen LogP contribution is -2.20. The van der Waals surface area contributed by atoms with Gasteiger partial charge in [-0.25, -0.2) is 4.79 Å². The van der Waals surface area contributed by atoms with E-state index in [1.807, 2.05) is 0 Å². The molecule has 1 aromatic rings. The summed E-state index contributed by atoms with van der Waals surface area (Å²) in [5, 5.41) is 9.37. The minimum atomic E-state index is -0.904. The first kappa shape index (κ1) is 8.63. The van der Waals surface area contributed by atoms with Gasteiger partial charge in [-0.1, -0.05) is 11.6 Å². The third-order valence-electron chi connectivity index (χ3n) is 2.50. The van der Waals surface area contributed by atoms with E-state index in [9.17, 15) is 4.79 Å². The van der Waals surface area contributed by atoms with Crippen molar-refractivity contribution >= 4 is 17.6 Å². The normalized spacial score (nSPS) is 17.0. The molecule has 1 aliphatic carbocycles. The number of halogens is 1. The number of aromatic carboxylic acids is 1. The van der Waals surface area contributed by atoms with Gasteiger partial charge in [0.1, 0.15) is 5.69 Å². The first-order valence-corrected chi connectivity index (χ1v) is 4.67. The molecular weight excluding hydrogens is 190 g/mol. The van der Waals surface area contributed by atoms with Crippen molar-refractivity contribution in [2.24, 2.45) is 0 Å². The third-order valence-corrected chi connectivity index (χ3v) is 2.71. The van der Waals surface area contributed by atoms with E-state index in [-0.39, 0.29) is 0 Å². The predicted molar refractivity (Wildman–Crippen MR) is 49.3 cm³/mol. The van der Waals surface area contributed by atoms with Gasteiger partial charge in [0, 0.05) is 12.2 Å². The van der Waals surface area contributed by atoms with E-state index in [0.29, 0.717) is 16.8 Å². The molecule has 70 valence electrons. The summed E-state index contributed by atoms with van der Waals surface area (Å²) in [6.07, 6.45) is 5.00. The van der Waals surface area contributed by atoms with Crippen molar-refractivity contribution < 1.29 is 9.90 Å². The van der Waals surface area contributed by atoms with E-state index in [4.69, 9.17) is 16.7 Å². The largest absolute Gasteiger partial charge is 0.477 e. The number of carboxylic acids is 1. The molecule has 0 spiro atoms. The maximum atomic E-state index is 10.8. The van der Waals surface area contributed by atoms with Crippen LogP contribution < -0.4 is 0 Å². The highest BCUT2D eigenvalue weighted by molar-refractivity contribution is 6.30. The van der Waals surface area contributed by atoms with Crippen molar-refractivity contribution in [2.45, 2.75) is 25.3 Å². The Morgan fingerprint density at radius 1 is 1.62 bits per heavy atom. The fraction of sp³-hybridized carbons (Fsp3) is 0.444. The summed E-state index contributed by atoms with van der Waals surface area (Å²) >= 11 is 5.75. The van der Waals surface area contributed by atoms with Crippen LogP contribution in [0.4, 0.5) is 0 Å². The van der Waals surface area contributed by atoms with Crippen LogP contribution in [-0.4, -0.2) is 15.6 Å². The van der Waals surface area contributed by atoms with Gasteiger partial charge in [0.25, 0.3) is 0 Å². The molecular formula is C9H10ClNO2. The van der Waals surface area contributed by atoms with Crippen LogP contribution in [0.5, 0.6) is 0 Å². The highest BCUT2D eigenvalue weighted by atomic mass is 35.5. The number of aromatic nitrogens is 1. The zero-order valence-corrected chi connectivity index (χ0v) is 7.79. The summed E-state index contributed by atoms with van der Waals surface area (Å²) < 4.78 is 1.77. The summed E-state index contributed by atoms with van der Waals surface area (Å²) in [6, 6.07) is 1.85. The van der Waals surface area contributed by atoms with Crippen molar-refractivity contribution in [1.82, 2.24) is 4.57 Å². The Labute approximate surface area is 80.9 Å². The molecule has 13 heavy (non-hydrogen) atoms. The van der Waals surface area contributed by atoms with Crippen LogP contribution in [0, 0.1) is 0 Å². The molecule has 1 fully saturated rings. The quantitative estimate of drug-likeness (QED) is 0.796. The Morgan fingerprint density at radius 3 is 2.77 bits per heavy atom. The molecule has 0 amide bonds. The molecule has 2 rings (SSSR count). The predicted octanol–water partition coefficient (Wildman–Crippen LogP) is 2.56. The molecule has 1 saturated carbocycles. The van der Waals surface area contributed by atoms with Gasteiger partial charge in [-0.15, -0.1) is 0 Å². The number of rotatable bonds is 2. The molecule has 0 radical (unpaired) electrons. The summed E-state index contributed by atoms with van der Waals surface area (Å²) in [5.74, 6) is -0.904. The first-order chi connectivity index (χ1) is 6.18. The van der Waals surface area contributed by atoms with Crippen LogP contribution in [0.3, 0.4) is 0 Å². The number of carboxylic acid groups (broad SMARTS) is 1. The van der Waals surface area contributed by atoms with Gasteiger partial charge in [0.15, 0.2) is 0 Å². The fourth-order valence-corrected chi connectivity index (χ4v) is 1.79. The van der Waals surface area contributed by atoms with Gasteiger partial charge in [-0.2, -0.15) is 0 Å². The van der Waals surface area contributed by atoms with Crippen LogP contribution in [0.25, 0.3) is 0 Å². The van der Waals surface area contributed by atoms with Gasteiger partial charge in [0.05, 0.1) is 5.02 Å². The van der Waals surface area contributed by atoms with Crippen molar-refractivity contribution in [2.75, 3.05) is 0 Å². The molecule has 0 aliphatic heterocycles. The fourth-order valence-electron chi connectivity index (χ4n) is 1.58. The molecule has 1 aromatic heterocycles. The number of carbonyl (C=O) groups is 1. The molecule has 0 aromatic carbocycles. The average Bonchev–Trinajstić information content (AvgIpc) is 2.27. The second-order valence-electron chi connectivity index (χ2n) is 3.34. The third kappa shape index (κ3) is 1.44. The van der Waals surface area contributed by atoms with E-state index in [1.54, 1.807) is 10.8 Å². The molecule has 4 heteroatoms. The van der Waals surface area contributed by atoms with Crippen molar-refractivity contribution in [1.29, 1.82) is 0 Å². The molecule has 1 aliphatic rings. The summed E-state index contributed by atoms with van der Waals surface area (Å²) in [7, 11) is 0. The zero-order chi connectivity index (χ0) is 9.42. The van der Waals surface area contributed by atoms with Crippen LogP contribution in [-0.2, 0) is 0 Å². The topological polar surface area (TPSA) is 42.2 Å². The SMILES string of the molecule is O=C(O)c1cc(Cl)cn1C1CCC1. The second kappa shape index (κ2) is 3.07. The standard InChI is InChI=1S/C9H10ClNO2/c10-6-4-8(9(12)13)11(5-6)7-2-1-3-7/h4-5,7H,1-3H2,(H,12,13). The van der Waals surface area contributed by atoms with E-state index in [0.717, 1.165) is 12.8 Å². The Hall–Kier alpha value is -0.960.